The molecule has 0 N–H and O–H groups in total. The van der Waals surface area contributed by atoms with Crippen molar-refractivity contribution in [1.82, 2.24) is 0 Å². The number of hydrogen-bond donors (Lipinski definition) is 0. The van der Waals surface area contributed by atoms with Crippen LogP contribution in [0.4, 0.5) is 35.1 Å². The Morgan fingerprint density at radius 1 is 0.325 bits per heavy atom. The highest BCUT2D eigenvalue weighted by Gasteiger charge is 2.37. The molecule has 218 valence electrons. The molecule has 0 unspecified atom stereocenters. The second-order valence-corrected chi connectivity index (χ2v) is 10.8. The van der Waals surface area contributed by atoms with Gasteiger partial charge in [-0.15, -0.1) is 0 Å². The van der Waals surface area contributed by atoms with Crippen molar-refractivity contribution in [3.63, 3.8) is 0 Å². The molecule has 0 heterocycles. The maximum Gasteiger partial charge on any atom is 0.198 e. The summed E-state index contributed by atoms with van der Waals surface area (Å²) in [5, 5.41) is -2.37. The predicted octanol–water partition coefficient (Wildman–Crippen LogP) is 7.63. The van der Waals surface area contributed by atoms with Crippen LogP contribution in [-0.4, -0.2) is 0 Å². The lowest BCUT2D eigenvalue weighted by molar-refractivity contribution is 0.401. The van der Waals surface area contributed by atoms with Crippen LogP contribution in [0.3, 0.4) is 0 Å². The molecule has 2 aliphatic carbocycles. The molecule has 0 atom stereocenters. The van der Waals surface area contributed by atoms with E-state index in [4.69, 9.17) is 0 Å². The van der Waals surface area contributed by atoms with Crippen LogP contribution in [0.25, 0.3) is 22.3 Å². The van der Waals surface area contributed by atoms with Gasteiger partial charge >= 0.3 is 0 Å². The van der Waals surface area contributed by atoms with E-state index in [-0.39, 0.29) is 35.1 Å². The first kappa shape index (κ1) is 30.3. The van der Waals surface area contributed by atoms with Crippen molar-refractivity contribution in [2.75, 3.05) is 0 Å². The molecule has 0 aliphatic heterocycles. The van der Waals surface area contributed by atoms with Gasteiger partial charge in [0.25, 0.3) is 0 Å². The molecule has 40 heavy (non-hydrogen) atoms. The Bertz CT molecular complexity index is 1430. The van der Waals surface area contributed by atoms with Crippen LogP contribution in [-0.2, 0) is 0 Å². The lowest BCUT2D eigenvalue weighted by Gasteiger charge is -2.11. The molecule has 2 aliphatic rings. The van der Waals surface area contributed by atoms with Crippen molar-refractivity contribution in [3.05, 3.63) is 67.4 Å². The molecule has 8 heteroatoms. The average molecular weight is 571 g/mol. The smallest absolute Gasteiger partial charge is 0.198 e. The highest BCUT2D eigenvalue weighted by Crippen LogP contribution is 2.39. The van der Waals surface area contributed by atoms with E-state index in [9.17, 15) is 17.6 Å². The highest BCUT2D eigenvalue weighted by atomic mass is 19.2. The Morgan fingerprint density at radius 2 is 0.600 bits per heavy atom. The van der Waals surface area contributed by atoms with Gasteiger partial charge in [0.05, 0.1) is 0 Å². The summed E-state index contributed by atoms with van der Waals surface area (Å²) in [6.07, 6.45) is 9.84. The van der Waals surface area contributed by atoms with E-state index in [1.165, 1.54) is 0 Å². The molecule has 0 saturated carbocycles. The highest BCUT2D eigenvalue weighted by molar-refractivity contribution is 6.26. The Labute approximate surface area is 228 Å². The van der Waals surface area contributed by atoms with Gasteiger partial charge in [0.15, 0.2) is 46.5 Å². The van der Waals surface area contributed by atoms with E-state index in [2.05, 4.69) is 13.8 Å². The SMILES string of the molecule is CCCCCCCCC1=c2c(F)c(F)c(F)c(F)c2=C2C(CCCCCCCC)=c3c(F)c(F)c(F)c(F)c3=C12. The molecule has 0 nitrogen and oxygen atoms in total. The van der Waals surface area contributed by atoms with E-state index in [1.54, 1.807) is 0 Å². The summed E-state index contributed by atoms with van der Waals surface area (Å²) < 4.78 is 119. The van der Waals surface area contributed by atoms with Crippen LogP contribution >= 0.6 is 0 Å². The van der Waals surface area contributed by atoms with Crippen molar-refractivity contribution in [1.29, 1.82) is 0 Å². The Balaban J connectivity index is 1.96. The fourth-order valence-electron chi connectivity index (χ4n) is 6.07. The molecule has 0 fully saturated rings. The zero-order valence-electron chi connectivity index (χ0n) is 22.9. The van der Waals surface area contributed by atoms with Gasteiger partial charge in [-0.05, 0) is 48.0 Å². The monoisotopic (exact) mass is 570 g/mol. The van der Waals surface area contributed by atoms with Gasteiger partial charge in [-0.2, -0.15) is 0 Å². The third-order valence-corrected chi connectivity index (χ3v) is 8.05. The number of fused-ring (bicyclic) bond motifs is 3. The summed E-state index contributed by atoms with van der Waals surface area (Å²) in [5.74, 6) is -14.7. The minimum absolute atomic E-state index is 0.0170. The number of hydrogen-bond acceptors (Lipinski definition) is 0. The van der Waals surface area contributed by atoms with E-state index < -0.39 is 67.4 Å². The van der Waals surface area contributed by atoms with Crippen LogP contribution in [0.1, 0.15) is 104 Å². The summed E-state index contributed by atoms with van der Waals surface area (Å²) in [6, 6.07) is 0. The largest absolute Gasteiger partial charge is 0.203 e. The minimum atomic E-state index is -2.04. The fourth-order valence-corrected chi connectivity index (χ4v) is 6.07. The number of unbranched alkanes of at least 4 members (excludes halogenated alkanes) is 10. The zero-order chi connectivity index (χ0) is 29.1. The van der Waals surface area contributed by atoms with Crippen LogP contribution < -0.4 is 20.9 Å². The molecule has 0 spiro atoms. The molecule has 0 radical (unpaired) electrons. The van der Waals surface area contributed by atoms with E-state index in [0.717, 1.165) is 51.4 Å². The third-order valence-electron chi connectivity index (χ3n) is 8.05. The first-order valence-electron chi connectivity index (χ1n) is 14.4. The Kier molecular flexibility index (Phi) is 9.78. The second kappa shape index (κ2) is 12.9. The first-order chi connectivity index (χ1) is 19.2. The summed E-state index contributed by atoms with van der Waals surface area (Å²) >= 11 is 0. The molecule has 0 saturated heterocycles. The van der Waals surface area contributed by atoms with Gasteiger partial charge in [-0.25, -0.2) is 35.1 Å². The van der Waals surface area contributed by atoms with Crippen molar-refractivity contribution in [3.8, 4) is 0 Å². The molecule has 4 rings (SSSR count). The van der Waals surface area contributed by atoms with Crippen LogP contribution in [0.5, 0.6) is 0 Å². The zero-order valence-corrected chi connectivity index (χ0v) is 22.9. The van der Waals surface area contributed by atoms with Gasteiger partial charge in [0, 0.05) is 20.9 Å². The molecule has 2 aromatic rings. The topological polar surface area (TPSA) is 0 Å². The van der Waals surface area contributed by atoms with Gasteiger partial charge in [0.1, 0.15) is 0 Å². The van der Waals surface area contributed by atoms with Crippen LogP contribution in [0.2, 0.25) is 0 Å². The fraction of sp³-hybridized carbons (Fsp3) is 0.500. The Morgan fingerprint density at radius 3 is 0.925 bits per heavy atom. The quantitative estimate of drug-likeness (QED) is 0.0949. The molecular formula is C32H34F8. The van der Waals surface area contributed by atoms with Gasteiger partial charge in [-0.1, -0.05) is 78.1 Å². The summed E-state index contributed by atoms with van der Waals surface area (Å²) in [4.78, 5) is 0. The van der Waals surface area contributed by atoms with Crippen LogP contribution in [0, 0.1) is 46.5 Å². The Hall–Kier alpha value is -2.64. The number of benzene rings is 2. The summed E-state index contributed by atoms with van der Waals surface area (Å²) in [7, 11) is 0. The normalized spacial score (nSPS) is 13.9. The van der Waals surface area contributed by atoms with E-state index >= 15 is 17.6 Å². The minimum Gasteiger partial charge on any atom is -0.203 e. The predicted molar refractivity (Wildman–Crippen MR) is 141 cm³/mol. The van der Waals surface area contributed by atoms with Gasteiger partial charge < -0.3 is 0 Å². The van der Waals surface area contributed by atoms with Gasteiger partial charge in [0.2, 0.25) is 0 Å². The van der Waals surface area contributed by atoms with E-state index in [0.29, 0.717) is 25.7 Å². The summed E-state index contributed by atoms with van der Waals surface area (Å²) in [5.41, 5.74) is -0.478. The van der Waals surface area contributed by atoms with Crippen molar-refractivity contribution >= 4 is 22.3 Å². The molecular weight excluding hydrogens is 536 g/mol. The maximum atomic E-state index is 15.4. The number of halogens is 8. The molecule has 0 bridgehead atoms. The maximum absolute atomic E-state index is 15.4. The van der Waals surface area contributed by atoms with Crippen molar-refractivity contribution in [2.24, 2.45) is 0 Å². The van der Waals surface area contributed by atoms with E-state index in [1.807, 2.05) is 0 Å². The van der Waals surface area contributed by atoms with Gasteiger partial charge in [-0.3, -0.25) is 0 Å². The standard InChI is InChI=1S/C32H34F8/c1-3-5-7-9-11-13-15-17-19-20(24-21(17)25(33)29(37)32(40)28(24)36)18(16-14-12-10-8-6-4-2)22-23(19)27(35)31(39)30(38)26(22)34/h3-16H2,1-2H3. The second-order valence-electron chi connectivity index (χ2n) is 10.8. The molecule has 0 aromatic heterocycles. The van der Waals surface area contributed by atoms with Crippen molar-refractivity contribution < 1.29 is 35.1 Å². The lowest BCUT2D eigenvalue weighted by Crippen LogP contribution is -2.38. The number of rotatable bonds is 14. The lowest BCUT2D eigenvalue weighted by atomic mass is 9.93. The third kappa shape index (κ3) is 5.23. The van der Waals surface area contributed by atoms with Crippen molar-refractivity contribution in [2.45, 2.75) is 104 Å². The van der Waals surface area contributed by atoms with Crippen LogP contribution in [0.15, 0.2) is 0 Å². The molecule has 2 aromatic carbocycles. The summed E-state index contributed by atoms with van der Waals surface area (Å²) in [6.45, 7) is 4.10. The molecule has 0 amide bonds. The first-order valence-corrected chi connectivity index (χ1v) is 14.4. The average Bonchev–Trinajstić information content (AvgIpc) is 3.45.